The lowest BCUT2D eigenvalue weighted by Gasteiger charge is -2.21. The third-order valence-corrected chi connectivity index (χ3v) is 6.85. The van der Waals surface area contributed by atoms with Crippen molar-refractivity contribution in [2.45, 2.75) is 38.9 Å². The van der Waals surface area contributed by atoms with Gasteiger partial charge < -0.3 is 15.2 Å². The van der Waals surface area contributed by atoms with Crippen LogP contribution in [0.15, 0.2) is 54.9 Å². The standard InChI is InChI=1S/C29H28ClF3N4O4/c1-16(2)12-25(17-4-8-23(35-14-17)28(40)34-11-10-26(38)39)37-24-9-7-20(27(41-3)21(24)15-36-37)19-6-5-18(13-22(19)30)29(31,32)33/h4-9,13-16,25H,10-12H2,1-3H3,(H,34,40)(H,38,39). The number of alkyl halides is 3. The summed E-state index contributed by atoms with van der Waals surface area (Å²) in [6, 6.07) is 9.87. The van der Waals surface area contributed by atoms with Crippen LogP contribution in [0.4, 0.5) is 13.2 Å². The number of pyridine rings is 1. The van der Waals surface area contributed by atoms with Crippen LogP contribution in [0.3, 0.4) is 0 Å². The van der Waals surface area contributed by atoms with Gasteiger partial charge in [0.05, 0.1) is 42.2 Å². The van der Waals surface area contributed by atoms with Crippen LogP contribution in [-0.4, -0.2) is 45.4 Å². The Morgan fingerprint density at radius 3 is 2.41 bits per heavy atom. The van der Waals surface area contributed by atoms with Crippen molar-refractivity contribution in [1.82, 2.24) is 20.1 Å². The molecule has 2 N–H and O–H groups in total. The number of aliphatic carboxylic acids is 1. The zero-order chi connectivity index (χ0) is 29.9. The van der Waals surface area contributed by atoms with Crippen molar-refractivity contribution in [1.29, 1.82) is 0 Å². The molecule has 0 saturated carbocycles. The van der Waals surface area contributed by atoms with E-state index in [9.17, 15) is 22.8 Å². The minimum atomic E-state index is -4.51. The summed E-state index contributed by atoms with van der Waals surface area (Å²) in [6.45, 7) is 4.14. The maximum Gasteiger partial charge on any atom is 0.416 e. The smallest absolute Gasteiger partial charge is 0.416 e. The van der Waals surface area contributed by atoms with Gasteiger partial charge in [0.15, 0.2) is 0 Å². The molecule has 0 spiro atoms. The monoisotopic (exact) mass is 588 g/mol. The second-order valence-corrected chi connectivity index (χ2v) is 10.3. The summed E-state index contributed by atoms with van der Waals surface area (Å²) in [5, 5.41) is 16.5. The Balaban J connectivity index is 1.70. The number of hydrogen-bond acceptors (Lipinski definition) is 5. The molecule has 2 aromatic heterocycles. The number of methoxy groups -OCH3 is 1. The molecule has 0 bridgehead atoms. The van der Waals surface area contributed by atoms with E-state index in [1.165, 1.54) is 13.2 Å². The number of amides is 1. The third kappa shape index (κ3) is 6.62. The van der Waals surface area contributed by atoms with E-state index in [4.69, 9.17) is 21.4 Å². The highest BCUT2D eigenvalue weighted by atomic mass is 35.5. The Kier molecular flexibility index (Phi) is 8.86. The number of fused-ring (bicyclic) bond motifs is 1. The highest BCUT2D eigenvalue weighted by Crippen LogP contribution is 2.42. The molecule has 0 aliphatic carbocycles. The molecule has 0 aliphatic rings. The van der Waals surface area contributed by atoms with Crippen LogP contribution >= 0.6 is 11.6 Å². The SMILES string of the molecule is COc1c(-c2ccc(C(F)(F)F)cc2Cl)ccc2c1cnn2C(CC(C)C)c1ccc(C(=O)NCCC(=O)O)nc1. The number of carbonyl (C=O) groups excluding carboxylic acids is 1. The number of benzene rings is 2. The molecule has 0 aliphatic heterocycles. The molecule has 0 saturated heterocycles. The molecule has 41 heavy (non-hydrogen) atoms. The van der Waals surface area contributed by atoms with Gasteiger partial charge in [-0.1, -0.05) is 37.6 Å². The van der Waals surface area contributed by atoms with Crippen molar-refractivity contribution in [3.63, 3.8) is 0 Å². The van der Waals surface area contributed by atoms with Gasteiger partial charge >= 0.3 is 12.1 Å². The van der Waals surface area contributed by atoms with Crippen LogP contribution < -0.4 is 10.1 Å². The Morgan fingerprint density at radius 2 is 1.83 bits per heavy atom. The first-order valence-electron chi connectivity index (χ1n) is 12.8. The second-order valence-electron chi connectivity index (χ2n) is 9.88. The van der Waals surface area contributed by atoms with Crippen molar-refractivity contribution in [3.8, 4) is 16.9 Å². The van der Waals surface area contributed by atoms with Crippen molar-refractivity contribution in [2.75, 3.05) is 13.7 Å². The average Bonchev–Trinajstić information content (AvgIpc) is 3.34. The van der Waals surface area contributed by atoms with Crippen LogP contribution in [0.5, 0.6) is 5.75 Å². The minimum absolute atomic E-state index is 0.00560. The molecule has 4 aromatic rings. The van der Waals surface area contributed by atoms with E-state index in [1.807, 2.05) is 10.7 Å². The Bertz CT molecular complexity index is 1570. The molecule has 1 amide bonds. The Labute approximate surface area is 239 Å². The summed E-state index contributed by atoms with van der Waals surface area (Å²) in [7, 11) is 1.48. The number of nitrogens with zero attached hydrogens (tertiary/aromatic N) is 3. The molecule has 2 aromatic carbocycles. The quantitative estimate of drug-likeness (QED) is 0.216. The van der Waals surface area contributed by atoms with E-state index in [2.05, 4.69) is 29.2 Å². The lowest BCUT2D eigenvalue weighted by molar-refractivity contribution is -0.138. The average molecular weight is 589 g/mol. The molecule has 1 unspecified atom stereocenters. The number of carboxylic acid groups (broad SMARTS) is 1. The molecule has 0 radical (unpaired) electrons. The molecule has 0 fully saturated rings. The van der Waals surface area contributed by atoms with Gasteiger partial charge in [-0.15, -0.1) is 0 Å². The van der Waals surface area contributed by atoms with Crippen LogP contribution in [0.25, 0.3) is 22.0 Å². The highest BCUT2D eigenvalue weighted by molar-refractivity contribution is 6.33. The van der Waals surface area contributed by atoms with Gasteiger partial charge in [-0.3, -0.25) is 19.3 Å². The lowest BCUT2D eigenvalue weighted by atomic mass is 9.97. The maximum absolute atomic E-state index is 13.2. The third-order valence-electron chi connectivity index (χ3n) is 6.54. The minimum Gasteiger partial charge on any atom is -0.495 e. The number of ether oxygens (including phenoxy) is 1. The fourth-order valence-corrected chi connectivity index (χ4v) is 4.90. The molecule has 216 valence electrons. The van der Waals surface area contributed by atoms with E-state index in [0.717, 1.165) is 23.2 Å². The predicted octanol–water partition coefficient (Wildman–Crippen LogP) is 6.62. The largest absolute Gasteiger partial charge is 0.495 e. The molecule has 2 heterocycles. The van der Waals surface area contributed by atoms with E-state index < -0.39 is 23.6 Å². The summed E-state index contributed by atoms with van der Waals surface area (Å²) < 4.78 is 47.0. The van der Waals surface area contributed by atoms with Crippen molar-refractivity contribution in [3.05, 3.63) is 76.7 Å². The van der Waals surface area contributed by atoms with Crippen LogP contribution in [0.2, 0.25) is 5.02 Å². The summed E-state index contributed by atoms with van der Waals surface area (Å²) in [5.74, 6) is -0.791. The molecule has 8 nitrogen and oxygen atoms in total. The number of carboxylic acids is 1. The van der Waals surface area contributed by atoms with Gasteiger partial charge in [0.25, 0.3) is 5.91 Å². The predicted molar refractivity (Wildman–Crippen MR) is 148 cm³/mol. The van der Waals surface area contributed by atoms with Gasteiger partial charge in [-0.2, -0.15) is 18.3 Å². The summed E-state index contributed by atoms with van der Waals surface area (Å²) in [4.78, 5) is 27.3. The van der Waals surface area contributed by atoms with Crippen LogP contribution in [0, 0.1) is 5.92 Å². The number of hydrogen-bond donors (Lipinski definition) is 2. The maximum atomic E-state index is 13.2. The Hall–Kier alpha value is -4.12. The van der Waals surface area contributed by atoms with E-state index in [-0.39, 0.29) is 35.6 Å². The molecule has 4 rings (SSSR count). The number of rotatable bonds is 10. The summed E-state index contributed by atoms with van der Waals surface area (Å²) in [5.41, 5.74) is 1.78. The van der Waals surface area contributed by atoms with Crippen molar-refractivity contribution in [2.24, 2.45) is 5.92 Å². The summed E-state index contributed by atoms with van der Waals surface area (Å²) in [6.07, 6.45) is -0.777. The first kappa shape index (κ1) is 29.9. The van der Waals surface area contributed by atoms with Crippen molar-refractivity contribution >= 4 is 34.4 Å². The number of nitrogens with one attached hydrogen (secondary N) is 1. The zero-order valence-corrected chi connectivity index (χ0v) is 23.3. The van der Waals surface area contributed by atoms with Crippen molar-refractivity contribution < 1.29 is 32.6 Å². The van der Waals surface area contributed by atoms with E-state index >= 15 is 0 Å². The van der Waals surface area contributed by atoms with Gasteiger partial charge in [-0.25, -0.2) is 0 Å². The van der Waals surface area contributed by atoms with E-state index in [1.54, 1.807) is 30.6 Å². The first-order chi connectivity index (χ1) is 19.4. The number of carbonyl (C=O) groups is 2. The molecule has 12 heteroatoms. The molecular formula is C29H28ClF3N4O4. The first-order valence-corrected chi connectivity index (χ1v) is 13.2. The molecule has 1 atom stereocenters. The fraction of sp³-hybridized carbons (Fsp3) is 0.310. The van der Waals surface area contributed by atoms with Crippen LogP contribution in [0.1, 0.15) is 54.3 Å². The zero-order valence-electron chi connectivity index (χ0n) is 22.5. The number of aromatic nitrogens is 3. The Morgan fingerprint density at radius 1 is 1.10 bits per heavy atom. The van der Waals surface area contributed by atoms with Gasteiger partial charge in [0, 0.05) is 28.9 Å². The van der Waals surface area contributed by atoms with Crippen LogP contribution in [-0.2, 0) is 11.0 Å². The second kappa shape index (κ2) is 12.2. The number of halogens is 4. The van der Waals surface area contributed by atoms with E-state index in [0.29, 0.717) is 28.7 Å². The molecular weight excluding hydrogens is 561 g/mol. The highest BCUT2D eigenvalue weighted by Gasteiger charge is 2.31. The van der Waals surface area contributed by atoms with Gasteiger partial charge in [-0.05, 0) is 48.2 Å². The normalized spacial score (nSPS) is 12.5. The lowest BCUT2D eigenvalue weighted by Crippen LogP contribution is -2.27. The van der Waals surface area contributed by atoms with Gasteiger partial charge in [0.2, 0.25) is 0 Å². The van der Waals surface area contributed by atoms with Gasteiger partial charge in [0.1, 0.15) is 11.4 Å². The summed E-state index contributed by atoms with van der Waals surface area (Å²) >= 11 is 6.28. The fourth-order valence-electron chi connectivity index (χ4n) is 4.62. The topological polar surface area (TPSA) is 106 Å².